The first-order valence-electron chi connectivity index (χ1n) is 13.2. The summed E-state index contributed by atoms with van der Waals surface area (Å²) in [4.78, 5) is 19.7. The van der Waals surface area contributed by atoms with E-state index < -0.39 is 6.09 Å². The topological polar surface area (TPSA) is 75.7 Å². The molecule has 1 heterocycles. The largest absolute Gasteiger partial charge is 0.495 e. The van der Waals surface area contributed by atoms with E-state index in [4.69, 9.17) is 37.7 Å². The molecule has 4 aromatic carbocycles. The summed E-state index contributed by atoms with van der Waals surface area (Å²) < 4.78 is 11.2. The molecule has 0 unspecified atom stereocenters. The van der Waals surface area contributed by atoms with Crippen molar-refractivity contribution in [3.63, 3.8) is 0 Å². The fourth-order valence-corrected chi connectivity index (χ4v) is 5.17. The number of pyridine rings is 1. The Bertz CT molecular complexity index is 1670. The van der Waals surface area contributed by atoms with E-state index in [1.54, 1.807) is 31.4 Å². The van der Waals surface area contributed by atoms with Crippen LogP contribution >= 0.6 is 23.2 Å². The van der Waals surface area contributed by atoms with Gasteiger partial charge in [-0.2, -0.15) is 0 Å². The maximum atomic E-state index is 12.8. The molecule has 0 aliphatic heterocycles. The molecule has 41 heavy (non-hydrogen) atoms. The van der Waals surface area contributed by atoms with Crippen molar-refractivity contribution in [2.24, 2.45) is 0 Å². The Hall–Kier alpha value is -4.20. The van der Waals surface area contributed by atoms with Crippen LogP contribution in [0.15, 0.2) is 84.9 Å². The molecular formula is C32H30Cl2N4O3. The van der Waals surface area contributed by atoms with Gasteiger partial charge in [0.1, 0.15) is 11.5 Å². The van der Waals surface area contributed by atoms with E-state index in [2.05, 4.69) is 15.5 Å². The zero-order chi connectivity index (χ0) is 28.8. The van der Waals surface area contributed by atoms with Gasteiger partial charge in [-0.1, -0.05) is 36.4 Å². The molecule has 0 saturated carbocycles. The molecule has 0 aliphatic carbocycles. The number of halogens is 2. The fraction of sp³-hybridized carbons (Fsp3) is 0.188. The van der Waals surface area contributed by atoms with Gasteiger partial charge >= 0.3 is 6.09 Å². The predicted octanol–water partition coefficient (Wildman–Crippen LogP) is 8.34. The van der Waals surface area contributed by atoms with Crippen LogP contribution in [-0.2, 0) is 0 Å². The van der Waals surface area contributed by atoms with Crippen molar-refractivity contribution >= 4 is 73.9 Å². The van der Waals surface area contributed by atoms with Gasteiger partial charge in [0.25, 0.3) is 0 Å². The molecule has 5 aromatic rings. The molecule has 0 spiro atoms. The van der Waals surface area contributed by atoms with Crippen LogP contribution in [0.4, 0.5) is 27.5 Å². The van der Waals surface area contributed by atoms with Crippen molar-refractivity contribution in [3.05, 3.63) is 90.5 Å². The lowest BCUT2D eigenvalue weighted by Crippen LogP contribution is -2.27. The number of nitrogens with zero attached hydrogens (tertiary/aromatic N) is 2. The number of ether oxygens (including phenoxy) is 2. The van der Waals surface area contributed by atoms with E-state index in [9.17, 15) is 4.79 Å². The average Bonchev–Trinajstić information content (AvgIpc) is 2.98. The summed E-state index contributed by atoms with van der Waals surface area (Å²) in [6.45, 7) is 3.40. The van der Waals surface area contributed by atoms with Gasteiger partial charge in [0.2, 0.25) is 0 Å². The number of anilines is 4. The van der Waals surface area contributed by atoms with Crippen LogP contribution < -0.4 is 25.0 Å². The summed E-state index contributed by atoms with van der Waals surface area (Å²) in [6, 6.07) is 26.7. The molecule has 0 radical (unpaired) electrons. The molecule has 0 atom stereocenters. The smallest absolute Gasteiger partial charge is 0.417 e. The number of methoxy groups -OCH3 is 1. The first kappa shape index (κ1) is 28.3. The molecular weight excluding hydrogens is 559 g/mol. The molecule has 0 bridgehead atoms. The van der Waals surface area contributed by atoms with Gasteiger partial charge in [0.15, 0.2) is 0 Å². The number of aromatic nitrogens is 1. The lowest BCUT2D eigenvalue weighted by Gasteiger charge is -2.22. The molecule has 1 amide bonds. The standard InChI is InChI=1S/C32H30Cl2N4O3/c1-21-6-5-8-26-30(21)36-27-9-4-3-7-25(27)31(26)37-28-20-22(10-15-29(28)40-2)35-32(39)41-24-13-11-23(12-14-24)38(18-16-33)19-17-34/h3-15,20H,16-19H2,1-2H3,(H,35,39)(H,36,37). The second-order valence-corrected chi connectivity index (χ2v) is 10.1. The number of aryl methyl sites for hydroxylation is 1. The van der Waals surface area contributed by atoms with Gasteiger partial charge in [0.05, 0.1) is 29.5 Å². The van der Waals surface area contributed by atoms with Crippen LogP contribution in [0.25, 0.3) is 21.8 Å². The number of hydrogen-bond acceptors (Lipinski definition) is 6. The van der Waals surface area contributed by atoms with Crippen molar-refractivity contribution in [2.75, 3.05) is 47.5 Å². The quantitative estimate of drug-likeness (QED) is 0.126. The van der Waals surface area contributed by atoms with Crippen molar-refractivity contribution in [2.45, 2.75) is 6.92 Å². The molecule has 0 saturated heterocycles. The highest BCUT2D eigenvalue weighted by Gasteiger charge is 2.15. The lowest BCUT2D eigenvalue weighted by atomic mass is 10.0. The molecule has 9 heteroatoms. The normalized spacial score (nSPS) is 10.9. The number of alkyl halides is 2. The van der Waals surface area contributed by atoms with Gasteiger partial charge in [-0.05, 0) is 61.0 Å². The van der Waals surface area contributed by atoms with Gasteiger partial charge < -0.3 is 19.7 Å². The summed E-state index contributed by atoms with van der Waals surface area (Å²) in [5, 5.41) is 8.34. The lowest BCUT2D eigenvalue weighted by molar-refractivity contribution is 0.215. The number of nitrogens with one attached hydrogen (secondary N) is 2. The summed E-state index contributed by atoms with van der Waals surface area (Å²) >= 11 is 11.8. The number of hydrogen-bond donors (Lipinski definition) is 2. The van der Waals surface area contributed by atoms with Gasteiger partial charge in [-0.3, -0.25) is 5.32 Å². The number of fused-ring (bicyclic) bond motifs is 2. The highest BCUT2D eigenvalue weighted by atomic mass is 35.5. The molecule has 5 rings (SSSR count). The highest BCUT2D eigenvalue weighted by Crippen LogP contribution is 2.38. The third kappa shape index (κ3) is 6.42. The zero-order valence-electron chi connectivity index (χ0n) is 22.8. The van der Waals surface area contributed by atoms with Crippen LogP contribution in [0.3, 0.4) is 0 Å². The van der Waals surface area contributed by atoms with E-state index >= 15 is 0 Å². The van der Waals surface area contributed by atoms with Crippen molar-refractivity contribution in [1.82, 2.24) is 4.98 Å². The molecule has 2 N–H and O–H groups in total. The van der Waals surface area contributed by atoms with Crippen LogP contribution in [-0.4, -0.2) is 43.0 Å². The van der Waals surface area contributed by atoms with E-state index in [-0.39, 0.29) is 0 Å². The Balaban J connectivity index is 1.38. The summed E-state index contributed by atoms with van der Waals surface area (Å²) in [5.74, 6) is 2.02. The van der Waals surface area contributed by atoms with Crippen LogP contribution in [0.1, 0.15) is 5.56 Å². The second kappa shape index (κ2) is 13.0. The van der Waals surface area contributed by atoms with Crippen molar-refractivity contribution < 1.29 is 14.3 Å². The number of carbonyl (C=O) groups is 1. The van der Waals surface area contributed by atoms with E-state index in [0.29, 0.717) is 47.7 Å². The predicted molar refractivity (Wildman–Crippen MR) is 170 cm³/mol. The highest BCUT2D eigenvalue weighted by molar-refractivity contribution is 6.18. The van der Waals surface area contributed by atoms with E-state index in [0.717, 1.165) is 38.7 Å². The molecule has 210 valence electrons. The molecule has 1 aromatic heterocycles. The minimum Gasteiger partial charge on any atom is -0.495 e. The second-order valence-electron chi connectivity index (χ2n) is 9.39. The minimum atomic E-state index is -0.609. The first-order valence-corrected chi connectivity index (χ1v) is 14.3. The van der Waals surface area contributed by atoms with Gasteiger partial charge in [-0.25, -0.2) is 9.78 Å². The van der Waals surface area contributed by atoms with Crippen LogP contribution in [0.2, 0.25) is 0 Å². The Morgan fingerprint density at radius 2 is 1.63 bits per heavy atom. The number of carbonyl (C=O) groups excluding carboxylic acids is 1. The Labute approximate surface area is 249 Å². The maximum absolute atomic E-state index is 12.8. The number of para-hydroxylation sites is 2. The summed E-state index contributed by atoms with van der Waals surface area (Å²) in [5.41, 5.74) is 5.98. The van der Waals surface area contributed by atoms with Crippen LogP contribution in [0, 0.1) is 6.92 Å². The summed E-state index contributed by atoms with van der Waals surface area (Å²) in [7, 11) is 1.61. The van der Waals surface area contributed by atoms with Crippen molar-refractivity contribution in [1.29, 1.82) is 0 Å². The fourth-order valence-electron chi connectivity index (χ4n) is 4.76. The Morgan fingerprint density at radius 3 is 2.37 bits per heavy atom. The number of benzene rings is 4. The van der Waals surface area contributed by atoms with Crippen molar-refractivity contribution in [3.8, 4) is 11.5 Å². The molecule has 0 aliphatic rings. The Kier molecular flexibility index (Phi) is 8.97. The first-order chi connectivity index (χ1) is 20.0. The van der Waals surface area contributed by atoms with E-state index in [1.165, 1.54) is 0 Å². The SMILES string of the molecule is COc1ccc(NC(=O)Oc2ccc(N(CCCl)CCCl)cc2)cc1Nc1c2ccccc2nc2c(C)cccc12. The third-order valence-corrected chi connectivity index (χ3v) is 7.08. The zero-order valence-corrected chi connectivity index (χ0v) is 24.3. The third-order valence-electron chi connectivity index (χ3n) is 6.74. The molecule has 7 nitrogen and oxygen atoms in total. The van der Waals surface area contributed by atoms with Crippen LogP contribution in [0.5, 0.6) is 11.5 Å². The van der Waals surface area contributed by atoms with E-state index in [1.807, 2.05) is 67.6 Å². The summed E-state index contributed by atoms with van der Waals surface area (Å²) in [6.07, 6.45) is -0.609. The maximum Gasteiger partial charge on any atom is 0.417 e. The van der Waals surface area contributed by atoms with Gasteiger partial charge in [0, 0.05) is 47.0 Å². The minimum absolute atomic E-state index is 0.417. The monoisotopic (exact) mass is 588 g/mol. The molecule has 0 fully saturated rings. The van der Waals surface area contributed by atoms with Gasteiger partial charge in [-0.15, -0.1) is 23.2 Å². The number of rotatable bonds is 10. The number of amides is 1. The Morgan fingerprint density at radius 1 is 0.902 bits per heavy atom. The average molecular weight is 590 g/mol.